The van der Waals surface area contributed by atoms with Crippen LogP contribution in [-0.2, 0) is 10.2 Å². The van der Waals surface area contributed by atoms with Gasteiger partial charge in [0.25, 0.3) is 0 Å². The molecule has 4 bridgehead atoms. The number of nitrogens with one attached hydrogen (secondary N) is 1. The van der Waals surface area contributed by atoms with Gasteiger partial charge in [-0.2, -0.15) is 0 Å². The second-order valence-electron chi connectivity index (χ2n) is 10.2. The van der Waals surface area contributed by atoms with E-state index in [0.29, 0.717) is 29.7 Å². The summed E-state index contributed by atoms with van der Waals surface area (Å²) in [6, 6.07) is 11.3. The molecule has 3 nitrogen and oxygen atoms in total. The van der Waals surface area contributed by atoms with E-state index in [1.165, 1.54) is 12.0 Å². The van der Waals surface area contributed by atoms with Crippen molar-refractivity contribution in [1.29, 1.82) is 0 Å². The molecule has 0 aliphatic heterocycles. The van der Waals surface area contributed by atoms with E-state index in [2.05, 4.69) is 35.6 Å². The highest BCUT2D eigenvalue weighted by Crippen LogP contribution is 2.82. The van der Waals surface area contributed by atoms with Crippen LogP contribution in [-0.4, -0.2) is 24.4 Å². The number of amides is 1. The van der Waals surface area contributed by atoms with E-state index in [-0.39, 0.29) is 16.2 Å². The monoisotopic (exact) mass is 400 g/mol. The fourth-order valence-electron chi connectivity index (χ4n) is 7.86. The van der Waals surface area contributed by atoms with Gasteiger partial charge >= 0.3 is 0 Å². The maximum Gasteiger partial charge on any atom is 0.227 e. The Morgan fingerprint density at radius 3 is 2.54 bits per heavy atom. The second kappa shape index (κ2) is 6.74. The molecule has 0 aromatic heterocycles. The lowest BCUT2D eigenvalue weighted by atomic mass is 9.65. The van der Waals surface area contributed by atoms with Crippen LogP contribution in [0.5, 0.6) is 0 Å². The highest BCUT2D eigenvalue weighted by molar-refractivity contribution is 6.17. The van der Waals surface area contributed by atoms with Crippen LogP contribution in [0.3, 0.4) is 0 Å². The molecule has 5 fully saturated rings. The van der Waals surface area contributed by atoms with Crippen molar-refractivity contribution in [3.05, 3.63) is 35.9 Å². The number of hydrogen-bond donors (Lipinski definition) is 2. The predicted molar refractivity (Wildman–Crippen MR) is 113 cm³/mol. The van der Waals surface area contributed by atoms with Crippen molar-refractivity contribution in [3.8, 4) is 0 Å². The van der Waals surface area contributed by atoms with E-state index in [4.69, 9.17) is 17.3 Å². The standard InChI is InChI=1S/C24H33ClN2O/c25-11-10-22-12-19-13-24(22,16-23(19,15-22)18-4-2-1-3-5-18)21(28)27-20-8-6-17(14-26)7-9-20/h1-5,17,19-20H,6-16,26H2,(H,27,28)/t17-,19?,20-,22-,23+,24?/m1/s1. The number of hydrogen-bond acceptors (Lipinski definition) is 2. The number of benzene rings is 1. The lowest BCUT2D eigenvalue weighted by Gasteiger charge is -2.41. The number of nitrogens with two attached hydrogens (primary N) is 1. The normalized spacial score (nSPS) is 43.6. The summed E-state index contributed by atoms with van der Waals surface area (Å²) >= 11 is 6.29. The minimum absolute atomic E-state index is 0.105. The first-order valence-electron chi connectivity index (χ1n) is 11.2. The van der Waals surface area contributed by atoms with Gasteiger partial charge in [-0.3, -0.25) is 4.79 Å². The Bertz CT molecular complexity index is 746. The maximum absolute atomic E-state index is 13.8. The Morgan fingerprint density at radius 1 is 1.11 bits per heavy atom. The summed E-state index contributed by atoms with van der Waals surface area (Å²) in [6.45, 7) is 0.782. The zero-order chi connectivity index (χ0) is 19.4. The quantitative estimate of drug-likeness (QED) is 0.696. The van der Waals surface area contributed by atoms with E-state index >= 15 is 0 Å². The third kappa shape index (κ3) is 2.48. The number of halogens is 1. The molecule has 1 amide bonds. The van der Waals surface area contributed by atoms with Gasteiger partial charge in [0.1, 0.15) is 0 Å². The zero-order valence-corrected chi connectivity index (χ0v) is 17.5. The van der Waals surface area contributed by atoms with Crippen molar-refractivity contribution in [2.24, 2.45) is 28.4 Å². The van der Waals surface area contributed by atoms with Crippen molar-refractivity contribution < 1.29 is 4.79 Å². The smallest absolute Gasteiger partial charge is 0.227 e. The molecule has 152 valence electrons. The van der Waals surface area contributed by atoms with E-state index in [1.807, 2.05) is 0 Å². The van der Waals surface area contributed by atoms with Crippen molar-refractivity contribution in [2.45, 2.75) is 69.2 Å². The van der Waals surface area contributed by atoms with Crippen LogP contribution < -0.4 is 11.1 Å². The Labute approximate surface area is 173 Å². The van der Waals surface area contributed by atoms with E-state index in [0.717, 1.165) is 57.9 Å². The Morgan fingerprint density at radius 2 is 1.86 bits per heavy atom. The van der Waals surface area contributed by atoms with Gasteiger partial charge < -0.3 is 11.1 Å². The largest absolute Gasteiger partial charge is 0.353 e. The first-order chi connectivity index (χ1) is 13.6. The molecule has 4 heteroatoms. The van der Waals surface area contributed by atoms with E-state index < -0.39 is 0 Å². The molecule has 0 radical (unpaired) electrons. The van der Waals surface area contributed by atoms with Crippen LogP contribution in [0.15, 0.2) is 30.3 Å². The number of carbonyl (C=O) groups excluding carboxylic acids is 1. The lowest BCUT2D eigenvalue weighted by molar-refractivity contribution is -0.137. The molecule has 0 heterocycles. The predicted octanol–water partition coefficient (Wildman–Crippen LogP) is 4.38. The van der Waals surface area contributed by atoms with Gasteiger partial charge in [0, 0.05) is 11.9 Å². The SMILES string of the molecule is NC[C@H]1CC[C@H](NC(=O)C23CC4C[C@]2(CCCl)C[C@@]4(c2ccccc2)C3)CC1. The minimum Gasteiger partial charge on any atom is -0.353 e. The summed E-state index contributed by atoms with van der Waals surface area (Å²) in [7, 11) is 0. The fraction of sp³-hybridized carbons (Fsp3) is 0.708. The van der Waals surface area contributed by atoms with Crippen molar-refractivity contribution in [1.82, 2.24) is 5.32 Å². The van der Waals surface area contributed by atoms with Gasteiger partial charge in [-0.1, -0.05) is 30.3 Å². The van der Waals surface area contributed by atoms with Crippen LogP contribution in [0.4, 0.5) is 0 Å². The third-order valence-electron chi connectivity index (χ3n) is 9.17. The van der Waals surface area contributed by atoms with E-state index in [9.17, 15) is 4.79 Å². The average molecular weight is 401 g/mol. The molecule has 5 aliphatic rings. The van der Waals surface area contributed by atoms with Gasteiger partial charge in [-0.25, -0.2) is 0 Å². The van der Waals surface area contributed by atoms with Crippen LogP contribution in [0.25, 0.3) is 0 Å². The van der Waals surface area contributed by atoms with Gasteiger partial charge in [-0.15, -0.1) is 11.6 Å². The van der Waals surface area contributed by atoms with Crippen molar-refractivity contribution in [3.63, 3.8) is 0 Å². The molecule has 6 rings (SSSR count). The summed E-state index contributed by atoms with van der Waals surface area (Å²) in [6.07, 6.45) is 9.86. The molecule has 5 saturated carbocycles. The minimum atomic E-state index is -0.201. The highest BCUT2D eigenvalue weighted by Gasteiger charge is 2.79. The third-order valence-corrected chi connectivity index (χ3v) is 9.36. The molecule has 28 heavy (non-hydrogen) atoms. The second-order valence-corrected chi connectivity index (χ2v) is 10.6. The number of alkyl halides is 1. The summed E-state index contributed by atoms with van der Waals surface area (Å²) in [5.41, 5.74) is 7.39. The molecule has 1 aromatic rings. The van der Waals surface area contributed by atoms with Gasteiger partial charge in [-0.05, 0) is 92.6 Å². The molecule has 3 N–H and O–H groups in total. The number of carbonyl (C=O) groups is 1. The molecule has 0 spiro atoms. The highest BCUT2D eigenvalue weighted by atomic mass is 35.5. The maximum atomic E-state index is 13.8. The summed E-state index contributed by atoms with van der Waals surface area (Å²) < 4.78 is 0. The Balaban J connectivity index is 1.40. The first-order valence-corrected chi connectivity index (χ1v) is 11.7. The average Bonchev–Trinajstić information content (AvgIpc) is 3.39. The molecule has 4 atom stereocenters. The Hall–Kier alpha value is -1.06. The van der Waals surface area contributed by atoms with Gasteiger partial charge in [0.2, 0.25) is 5.91 Å². The zero-order valence-electron chi connectivity index (χ0n) is 16.8. The molecular formula is C24H33ClN2O. The molecular weight excluding hydrogens is 368 g/mol. The molecule has 0 saturated heterocycles. The van der Waals surface area contributed by atoms with Crippen molar-refractivity contribution >= 4 is 17.5 Å². The fourth-order valence-corrected chi connectivity index (χ4v) is 8.22. The van der Waals surface area contributed by atoms with Crippen LogP contribution in [0.1, 0.15) is 63.4 Å². The summed E-state index contributed by atoms with van der Waals surface area (Å²) in [4.78, 5) is 13.8. The van der Waals surface area contributed by atoms with Crippen LogP contribution in [0, 0.1) is 22.7 Å². The van der Waals surface area contributed by atoms with Crippen LogP contribution in [0.2, 0.25) is 0 Å². The van der Waals surface area contributed by atoms with Crippen LogP contribution >= 0.6 is 11.6 Å². The van der Waals surface area contributed by atoms with Crippen molar-refractivity contribution in [2.75, 3.05) is 12.4 Å². The molecule has 1 aromatic carbocycles. The molecule has 2 unspecified atom stereocenters. The first kappa shape index (κ1) is 18.9. The van der Waals surface area contributed by atoms with Gasteiger partial charge in [0.15, 0.2) is 0 Å². The number of rotatable bonds is 6. The lowest BCUT2D eigenvalue weighted by Crippen LogP contribution is -2.50. The topological polar surface area (TPSA) is 55.1 Å². The molecule has 5 aliphatic carbocycles. The summed E-state index contributed by atoms with van der Waals surface area (Å²) in [5, 5.41) is 3.51. The van der Waals surface area contributed by atoms with Gasteiger partial charge in [0.05, 0.1) is 5.41 Å². The van der Waals surface area contributed by atoms with E-state index in [1.54, 1.807) is 0 Å². The summed E-state index contributed by atoms with van der Waals surface area (Å²) in [5.74, 6) is 2.28. The Kier molecular flexibility index (Phi) is 4.56.